The first-order valence-corrected chi connectivity index (χ1v) is 9.16. The van der Waals surface area contributed by atoms with Crippen molar-refractivity contribution in [3.05, 3.63) is 41.3 Å². The molecule has 1 amide bonds. The lowest BCUT2D eigenvalue weighted by atomic mass is 10.2. The van der Waals surface area contributed by atoms with Crippen molar-refractivity contribution in [3.63, 3.8) is 0 Å². The van der Waals surface area contributed by atoms with Crippen LogP contribution >= 0.6 is 11.3 Å². The predicted octanol–water partition coefficient (Wildman–Crippen LogP) is 3.73. The highest BCUT2D eigenvalue weighted by Crippen LogP contribution is 2.32. The number of ether oxygens (including phenoxy) is 1. The average Bonchev–Trinajstić information content (AvgIpc) is 3.32. The van der Waals surface area contributed by atoms with Crippen LogP contribution in [0.2, 0.25) is 0 Å². The summed E-state index contributed by atoms with van der Waals surface area (Å²) in [5, 5.41) is 4.55. The van der Waals surface area contributed by atoms with Gasteiger partial charge in [0.2, 0.25) is 0 Å². The smallest absolute Gasteiger partial charge is 0.282 e. The Hall–Kier alpha value is -2.25. The molecule has 1 fully saturated rings. The summed E-state index contributed by atoms with van der Waals surface area (Å²) in [4.78, 5) is 19.4. The Bertz CT molecular complexity index is 911. The van der Waals surface area contributed by atoms with E-state index < -0.39 is 0 Å². The maximum atomic E-state index is 13.0. The van der Waals surface area contributed by atoms with Crippen LogP contribution in [0.25, 0.3) is 10.2 Å². The van der Waals surface area contributed by atoms with Crippen LogP contribution in [0.5, 0.6) is 0 Å². The summed E-state index contributed by atoms with van der Waals surface area (Å²) in [5.41, 5.74) is 2.33. The van der Waals surface area contributed by atoms with Crippen LogP contribution in [0.15, 0.2) is 28.8 Å². The largest absolute Gasteiger partial charge is 0.376 e. The van der Waals surface area contributed by atoms with Crippen molar-refractivity contribution in [2.75, 3.05) is 18.1 Å². The molecule has 1 saturated heterocycles. The van der Waals surface area contributed by atoms with Gasteiger partial charge < -0.3 is 9.26 Å². The molecule has 130 valence electrons. The van der Waals surface area contributed by atoms with E-state index in [4.69, 9.17) is 14.2 Å². The SMILES string of the molecule is Cc1cc(C(=O)N(CC2CCCO2)c2nc3c(C)cccc3s2)no1. The number of amides is 1. The Balaban J connectivity index is 1.72. The van der Waals surface area contributed by atoms with Crippen LogP contribution in [-0.4, -0.2) is 35.3 Å². The molecule has 1 unspecified atom stereocenters. The minimum atomic E-state index is -0.205. The molecule has 2 aromatic heterocycles. The molecule has 3 heterocycles. The number of hydrogen-bond donors (Lipinski definition) is 0. The number of aromatic nitrogens is 2. The second-order valence-corrected chi connectivity index (χ2v) is 7.30. The molecular weight excluding hydrogens is 338 g/mol. The molecule has 0 N–H and O–H groups in total. The molecule has 25 heavy (non-hydrogen) atoms. The van der Waals surface area contributed by atoms with Gasteiger partial charge in [-0.15, -0.1) is 0 Å². The van der Waals surface area contributed by atoms with Crippen LogP contribution in [0.1, 0.15) is 34.7 Å². The van der Waals surface area contributed by atoms with E-state index in [2.05, 4.69) is 5.16 Å². The van der Waals surface area contributed by atoms with E-state index in [-0.39, 0.29) is 12.0 Å². The number of benzene rings is 1. The van der Waals surface area contributed by atoms with Gasteiger partial charge in [-0.1, -0.05) is 28.6 Å². The number of thiazole rings is 1. The predicted molar refractivity (Wildman–Crippen MR) is 96.2 cm³/mol. The Morgan fingerprint density at radius 3 is 2.96 bits per heavy atom. The third-order valence-corrected chi connectivity index (χ3v) is 5.39. The monoisotopic (exact) mass is 357 g/mol. The molecule has 6 nitrogen and oxygen atoms in total. The fraction of sp³-hybridized carbons (Fsp3) is 0.389. The molecule has 0 spiro atoms. The van der Waals surface area contributed by atoms with Gasteiger partial charge in [-0.05, 0) is 38.3 Å². The van der Waals surface area contributed by atoms with E-state index in [1.807, 2.05) is 25.1 Å². The van der Waals surface area contributed by atoms with E-state index in [9.17, 15) is 4.79 Å². The summed E-state index contributed by atoms with van der Waals surface area (Å²) in [6, 6.07) is 7.72. The van der Waals surface area contributed by atoms with Gasteiger partial charge in [-0.2, -0.15) is 0 Å². The first-order valence-electron chi connectivity index (χ1n) is 8.35. The van der Waals surface area contributed by atoms with Crippen molar-refractivity contribution >= 4 is 32.6 Å². The number of carbonyl (C=O) groups is 1. The van der Waals surface area contributed by atoms with E-state index in [1.54, 1.807) is 17.9 Å². The fourth-order valence-corrected chi connectivity index (χ4v) is 4.09. The van der Waals surface area contributed by atoms with Gasteiger partial charge in [-0.25, -0.2) is 4.98 Å². The Morgan fingerprint density at radius 1 is 1.40 bits per heavy atom. The summed E-state index contributed by atoms with van der Waals surface area (Å²) in [5.74, 6) is 0.407. The Kier molecular flexibility index (Phi) is 4.27. The zero-order valence-electron chi connectivity index (χ0n) is 14.2. The topological polar surface area (TPSA) is 68.5 Å². The molecule has 1 aromatic carbocycles. The van der Waals surface area contributed by atoms with E-state index >= 15 is 0 Å². The molecule has 0 aliphatic carbocycles. The number of rotatable bonds is 4. The van der Waals surface area contributed by atoms with Crippen LogP contribution in [0.3, 0.4) is 0 Å². The molecule has 7 heteroatoms. The molecule has 1 aliphatic rings. The van der Waals surface area contributed by atoms with Crippen molar-refractivity contribution in [1.82, 2.24) is 10.1 Å². The number of para-hydroxylation sites is 1. The van der Waals surface area contributed by atoms with Gasteiger partial charge in [0.05, 0.1) is 22.9 Å². The molecule has 3 aromatic rings. The molecule has 4 rings (SSSR count). The van der Waals surface area contributed by atoms with Gasteiger partial charge in [0.25, 0.3) is 5.91 Å². The summed E-state index contributed by atoms with van der Waals surface area (Å²) in [6.45, 7) is 5.02. The van der Waals surface area contributed by atoms with Crippen molar-refractivity contribution in [1.29, 1.82) is 0 Å². The second-order valence-electron chi connectivity index (χ2n) is 6.29. The molecule has 0 bridgehead atoms. The zero-order valence-corrected chi connectivity index (χ0v) is 15.0. The summed E-state index contributed by atoms with van der Waals surface area (Å²) in [6.07, 6.45) is 2.00. The highest BCUT2D eigenvalue weighted by atomic mass is 32.1. The Labute approximate surface area is 149 Å². The van der Waals surface area contributed by atoms with E-state index in [0.29, 0.717) is 23.1 Å². The molecule has 1 atom stereocenters. The van der Waals surface area contributed by atoms with Gasteiger partial charge in [0, 0.05) is 12.7 Å². The normalized spacial score (nSPS) is 17.3. The van der Waals surface area contributed by atoms with Crippen molar-refractivity contribution in [2.24, 2.45) is 0 Å². The number of fused-ring (bicyclic) bond motifs is 1. The van der Waals surface area contributed by atoms with Crippen LogP contribution in [0, 0.1) is 13.8 Å². The minimum absolute atomic E-state index is 0.0325. The number of hydrogen-bond acceptors (Lipinski definition) is 6. The highest BCUT2D eigenvalue weighted by Gasteiger charge is 2.28. The van der Waals surface area contributed by atoms with Crippen molar-refractivity contribution < 1.29 is 14.1 Å². The third kappa shape index (κ3) is 3.17. The van der Waals surface area contributed by atoms with Crippen molar-refractivity contribution in [3.8, 4) is 0 Å². The maximum Gasteiger partial charge on any atom is 0.282 e. The molecular formula is C18H19N3O3S. The summed E-state index contributed by atoms with van der Waals surface area (Å²) in [7, 11) is 0. The number of anilines is 1. The van der Waals surface area contributed by atoms with Crippen LogP contribution < -0.4 is 4.90 Å². The Morgan fingerprint density at radius 2 is 2.28 bits per heavy atom. The first-order chi connectivity index (χ1) is 12.1. The lowest BCUT2D eigenvalue weighted by Gasteiger charge is -2.21. The lowest BCUT2D eigenvalue weighted by Crippen LogP contribution is -2.37. The zero-order chi connectivity index (χ0) is 17.4. The minimum Gasteiger partial charge on any atom is -0.376 e. The number of nitrogens with zero attached hydrogens (tertiary/aromatic N) is 3. The fourth-order valence-electron chi connectivity index (χ4n) is 3.04. The van der Waals surface area contributed by atoms with Crippen LogP contribution in [0.4, 0.5) is 5.13 Å². The summed E-state index contributed by atoms with van der Waals surface area (Å²) >= 11 is 1.51. The standard InChI is InChI=1S/C18H19N3O3S/c1-11-5-3-7-15-16(11)19-18(25-15)21(10-13-6-4-8-23-13)17(22)14-9-12(2)24-20-14/h3,5,7,9,13H,4,6,8,10H2,1-2H3. The number of carbonyl (C=O) groups excluding carboxylic acids is 1. The van der Waals surface area contributed by atoms with Gasteiger partial charge in [0.1, 0.15) is 5.76 Å². The highest BCUT2D eigenvalue weighted by molar-refractivity contribution is 7.22. The van der Waals surface area contributed by atoms with Gasteiger partial charge in [-0.3, -0.25) is 9.69 Å². The lowest BCUT2D eigenvalue weighted by molar-refractivity contribution is 0.0910. The van der Waals surface area contributed by atoms with E-state index in [1.165, 1.54) is 11.3 Å². The third-order valence-electron chi connectivity index (χ3n) is 4.34. The van der Waals surface area contributed by atoms with Crippen molar-refractivity contribution in [2.45, 2.75) is 32.8 Å². The number of aryl methyl sites for hydroxylation is 2. The molecule has 1 aliphatic heterocycles. The molecule has 0 radical (unpaired) electrons. The second kappa shape index (κ2) is 6.57. The van der Waals surface area contributed by atoms with Gasteiger partial charge >= 0.3 is 0 Å². The first kappa shape index (κ1) is 16.2. The molecule has 0 saturated carbocycles. The van der Waals surface area contributed by atoms with E-state index in [0.717, 1.165) is 35.2 Å². The van der Waals surface area contributed by atoms with Crippen LogP contribution in [-0.2, 0) is 4.74 Å². The quantitative estimate of drug-likeness (QED) is 0.712. The van der Waals surface area contributed by atoms with Gasteiger partial charge in [0.15, 0.2) is 10.8 Å². The average molecular weight is 357 g/mol. The summed E-state index contributed by atoms with van der Waals surface area (Å²) < 4.78 is 11.9. The maximum absolute atomic E-state index is 13.0.